The number of aromatic nitrogens is 5. The molecule has 0 atom stereocenters. The third kappa shape index (κ3) is 3.84. The number of nitrogens with zero attached hydrogens (tertiary/aromatic N) is 5. The molecular weight excluding hydrogens is 453 g/mol. The number of fused-ring (bicyclic) bond motifs is 4. The molecule has 0 aliphatic rings. The second-order valence-electron chi connectivity index (χ2n) is 8.55. The molecule has 0 saturated heterocycles. The minimum absolute atomic E-state index is 0.0154. The minimum Gasteiger partial charge on any atom is -0.296 e. The van der Waals surface area contributed by atoms with E-state index in [0.29, 0.717) is 51.3 Å². The first-order valence-electron chi connectivity index (χ1n) is 11.6. The van der Waals surface area contributed by atoms with Crippen LogP contribution in [0.15, 0.2) is 47.3 Å². The summed E-state index contributed by atoms with van der Waals surface area (Å²) < 4.78 is 17.4. The molecule has 0 saturated carbocycles. The molecule has 8 heteroatoms. The average Bonchev–Trinajstić information content (AvgIpc) is 3.13. The fraction of sp³-hybridized carbons (Fsp3) is 0.308. The molecule has 0 N–H and O–H groups in total. The number of benzene rings is 2. The van der Waals surface area contributed by atoms with E-state index in [4.69, 9.17) is 26.6 Å². The van der Waals surface area contributed by atoms with E-state index in [0.717, 1.165) is 19.3 Å². The quantitative estimate of drug-likeness (QED) is 0.256. The first-order chi connectivity index (χ1) is 16.5. The lowest BCUT2D eigenvalue weighted by Crippen LogP contribution is -2.24. The Bertz CT molecular complexity index is 1590. The largest absolute Gasteiger partial charge is 0.296 e. The lowest BCUT2D eigenvalue weighted by Gasteiger charge is -2.11. The summed E-state index contributed by atoms with van der Waals surface area (Å²) in [5.41, 5.74) is 3.22. The van der Waals surface area contributed by atoms with E-state index in [9.17, 15) is 9.18 Å². The molecule has 3 heterocycles. The lowest BCUT2D eigenvalue weighted by molar-refractivity contribution is 0.546. The zero-order valence-electron chi connectivity index (χ0n) is 19.2. The van der Waals surface area contributed by atoms with Crippen molar-refractivity contribution in [1.29, 1.82) is 0 Å². The summed E-state index contributed by atoms with van der Waals surface area (Å²) in [6, 6.07) is 11.9. The zero-order valence-corrected chi connectivity index (χ0v) is 19.9. The van der Waals surface area contributed by atoms with Gasteiger partial charge in [0, 0.05) is 6.54 Å². The predicted octanol–water partition coefficient (Wildman–Crippen LogP) is 6.35. The standard InChI is InChI=1S/C26H25ClFN5O/c1-3-4-5-6-9-14-32-16(2)29-24-22(26(32)34)23-25(31-21-11-8-7-10-20(21)30-23)33(24)17-12-13-19(28)18(27)15-17/h7-8,10-13,15H,3-6,9,14H2,1-2H3. The van der Waals surface area contributed by atoms with Crippen molar-refractivity contribution in [3.63, 3.8) is 0 Å². The third-order valence-corrected chi connectivity index (χ3v) is 6.49. The van der Waals surface area contributed by atoms with E-state index in [1.54, 1.807) is 15.2 Å². The van der Waals surface area contributed by atoms with E-state index in [-0.39, 0.29) is 10.6 Å². The van der Waals surface area contributed by atoms with Gasteiger partial charge in [-0.05, 0) is 43.7 Å². The van der Waals surface area contributed by atoms with Crippen LogP contribution in [-0.4, -0.2) is 24.1 Å². The molecule has 0 unspecified atom stereocenters. The monoisotopic (exact) mass is 477 g/mol. The number of hydrogen-bond donors (Lipinski definition) is 0. The Morgan fingerprint density at radius 3 is 2.41 bits per heavy atom. The summed E-state index contributed by atoms with van der Waals surface area (Å²) in [5, 5.41) is 0.395. The molecule has 0 amide bonds. The molecule has 3 aromatic heterocycles. The maximum absolute atomic E-state index is 13.9. The van der Waals surface area contributed by atoms with Crippen molar-refractivity contribution >= 4 is 44.8 Å². The maximum Gasteiger partial charge on any atom is 0.265 e. The third-order valence-electron chi connectivity index (χ3n) is 6.20. The SMILES string of the molecule is CCCCCCCn1c(C)nc2c(c1=O)c1nc3ccccc3nc1n2-c1ccc(F)c(Cl)c1. The van der Waals surface area contributed by atoms with Gasteiger partial charge >= 0.3 is 0 Å². The van der Waals surface area contributed by atoms with Crippen LogP contribution in [0.2, 0.25) is 5.02 Å². The average molecular weight is 478 g/mol. The highest BCUT2D eigenvalue weighted by molar-refractivity contribution is 6.31. The zero-order chi connectivity index (χ0) is 23.8. The molecule has 174 valence electrons. The topological polar surface area (TPSA) is 65.6 Å². The van der Waals surface area contributed by atoms with Crippen LogP contribution in [0, 0.1) is 12.7 Å². The molecule has 34 heavy (non-hydrogen) atoms. The first-order valence-corrected chi connectivity index (χ1v) is 12.0. The lowest BCUT2D eigenvalue weighted by atomic mass is 10.1. The first kappa shape index (κ1) is 22.5. The van der Waals surface area contributed by atoms with Crippen LogP contribution in [0.3, 0.4) is 0 Å². The molecule has 5 aromatic rings. The Labute approximate surface area is 201 Å². The molecular formula is C26H25ClFN5O. The minimum atomic E-state index is -0.516. The Hall–Kier alpha value is -3.32. The highest BCUT2D eigenvalue weighted by atomic mass is 35.5. The number of hydrogen-bond acceptors (Lipinski definition) is 4. The van der Waals surface area contributed by atoms with Crippen LogP contribution in [-0.2, 0) is 6.54 Å². The van der Waals surface area contributed by atoms with Crippen molar-refractivity contribution in [3.05, 3.63) is 69.5 Å². The number of halogens is 2. The van der Waals surface area contributed by atoms with Gasteiger partial charge in [-0.1, -0.05) is 56.3 Å². The number of unbranched alkanes of at least 4 members (excludes halogenated alkanes) is 4. The molecule has 0 fully saturated rings. The van der Waals surface area contributed by atoms with Crippen LogP contribution >= 0.6 is 11.6 Å². The van der Waals surface area contributed by atoms with Crippen molar-refractivity contribution in [1.82, 2.24) is 24.1 Å². The van der Waals surface area contributed by atoms with E-state index in [1.807, 2.05) is 31.2 Å². The van der Waals surface area contributed by atoms with Crippen molar-refractivity contribution in [3.8, 4) is 5.69 Å². The van der Waals surface area contributed by atoms with Crippen LogP contribution in [0.4, 0.5) is 4.39 Å². The van der Waals surface area contributed by atoms with E-state index in [2.05, 4.69) is 6.92 Å². The Balaban J connectivity index is 1.78. The van der Waals surface area contributed by atoms with Crippen molar-refractivity contribution in [2.45, 2.75) is 52.5 Å². The van der Waals surface area contributed by atoms with Gasteiger partial charge in [-0.2, -0.15) is 0 Å². The molecule has 6 nitrogen and oxygen atoms in total. The van der Waals surface area contributed by atoms with Gasteiger partial charge in [0.15, 0.2) is 11.3 Å². The molecule has 0 radical (unpaired) electrons. The normalized spacial score (nSPS) is 11.8. The highest BCUT2D eigenvalue weighted by Crippen LogP contribution is 2.30. The Kier molecular flexibility index (Phi) is 6.04. The fourth-order valence-electron chi connectivity index (χ4n) is 4.44. The Morgan fingerprint density at radius 1 is 0.941 bits per heavy atom. The van der Waals surface area contributed by atoms with Crippen molar-refractivity contribution in [2.75, 3.05) is 0 Å². The summed E-state index contributed by atoms with van der Waals surface area (Å²) in [7, 11) is 0. The number of rotatable bonds is 7. The second-order valence-corrected chi connectivity index (χ2v) is 8.95. The Morgan fingerprint density at radius 2 is 1.68 bits per heavy atom. The molecule has 5 rings (SSSR count). The van der Waals surface area contributed by atoms with Crippen LogP contribution in [0.1, 0.15) is 44.9 Å². The molecule has 0 aliphatic carbocycles. The summed E-state index contributed by atoms with van der Waals surface area (Å²) in [6.07, 6.45) is 5.50. The fourth-order valence-corrected chi connectivity index (χ4v) is 4.61. The van der Waals surface area contributed by atoms with Gasteiger partial charge in [0.25, 0.3) is 5.56 Å². The number of aryl methyl sites for hydroxylation is 1. The number of para-hydroxylation sites is 2. The second kappa shape index (κ2) is 9.14. The molecule has 0 aliphatic heterocycles. The molecule has 0 spiro atoms. The summed E-state index contributed by atoms with van der Waals surface area (Å²) in [4.78, 5) is 28.2. The molecule has 2 aromatic carbocycles. The molecule has 0 bridgehead atoms. The van der Waals surface area contributed by atoms with Crippen LogP contribution in [0.25, 0.3) is 38.9 Å². The van der Waals surface area contributed by atoms with Gasteiger partial charge in [-0.3, -0.25) is 13.9 Å². The smallest absolute Gasteiger partial charge is 0.265 e. The van der Waals surface area contributed by atoms with Gasteiger partial charge in [-0.15, -0.1) is 0 Å². The van der Waals surface area contributed by atoms with Gasteiger partial charge in [-0.25, -0.2) is 19.3 Å². The van der Waals surface area contributed by atoms with E-state index >= 15 is 0 Å². The predicted molar refractivity (Wildman–Crippen MR) is 134 cm³/mol. The van der Waals surface area contributed by atoms with Gasteiger partial charge < -0.3 is 0 Å². The van der Waals surface area contributed by atoms with E-state index < -0.39 is 5.82 Å². The summed E-state index contributed by atoms with van der Waals surface area (Å²) in [5.74, 6) is 0.104. The highest BCUT2D eigenvalue weighted by Gasteiger charge is 2.22. The summed E-state index contributed by atoms with van der Waals surface area (Å²) in [6.45, 7) is 4.62. The van der Waals surface area contributed by atoms with Crippen LogP contribution in [0.5, 0.6) is 0 Å². The van der Waals surface area contributed by atoms with E-state index in [1.165, 1.54) is 25.0 Å². The maximum atomic E-state index is 13.9. The van der Waals surface area contributed by atoms with Crippen molar-refractivity contribution in [2.24, 2.45) is 0 Å². The summed E-state index contributed by atoms with van der Waals surface area (Å²) >= 11 is 6.10. The van der Waals surface area contributed by atoms with Crippen LogP contribution < -0.4 is 5.56 Å². The van der Waals surface area contributed by atoms with Crippen molar-refractivity contribution < 1.29 is 4.39 Å². The van der Waals surface area contributed by atoms with Gasteiger partial charge in [0.1, 0.15) is 22.5 Å². The van der Waals surface area contributed by atoms with Gasteiger partial charge in [0.2, 0.25) is 0 Å². The van der Waals surface area contributed by atoms with Gasteiger partial charge in [0.05, 0.1) is 21.7 Å².